The molecule has 2 aromatic rings. The molecular weight excluding hydrogens is 352 g/mol. The summed E-state index contributed by atoms with van der Waals surface area (Å²) in [5, 5.41) is 4.01. The number of hydrogen-bond donors (Lipinski definition) is 1. The van der Waals surface area contributed by atoms with E-state index in [0.29, 0.717) is 15.1 Å². The summed E-state index contributed by atoms with van der Waals surface area (Å²) >= 11 is 7.48. The van der Waals surface area contributed by atoms with Crippen LogP contribution in [0.15, 0.2) is 58.4 Å². The number of benzene rings is 2. The van der Waals surface area contributed by atoms with Crippen molar-refractivity contribution < 1.29 is 4.79 Å². The molecule has 1 amide bonds. The minimum atomic E-state index is -0.150. The van der Waals surface area contributed by atoms with Crippen molar-refractivity contribution in [1.82, 2.24) is 5.32 Å². The van der Waals surface area contributed by atoms with E-state index in [4.69, 9.17) is 11.6 Å². The lowest BCUT2D eigenvalue weighted by atomic mass is 10.1. The minimum absolute atomic E-state index is 0.150. The van der Waals surface area contributed by atoms with E-state index in [1.54, 1.807) is 12.1 Å². The third kappa shape index (κ3) is 4.74. The Kier molecular flexibility index (Phi) is 5.95. The van der Waals surface area contributed by atoms with Gasteiger partial charge in [0.05, 0.1) is 10.6 Å². The molecule has 0 atom stereocenters. The van der Waals surface area contributed by atoms with Crippen LogP contribution in [0, 0.1) is 0 Å². The highest BCUT2D eigenvalue weighted by molar-refractivity contribution is 8.18. The number of aliphatic imine (C=N–C) groups is 1. The van der Waals surface area contributed by atoms with Crippen molar-refractivity contribution in [3.63, 3.8) is 0 Å². The summed E-state index contributed by atoms with van der Waals surface area (Å²) in [4.78, 5) is 17.2. The molecule has 0 spiro atoms. The number of aryl methyl sites for hydroxylation is 1. The number of amides is 1. The number of nitrogens with zero attached hydrogens (tertiary/aromatic N) is 1. The summed E-state index contributed by atoms with van der Waals surface area (Å²) in [6.45, 7) is 2.19. The Morgan fingerprint density at radius 1 is 1.16 bits per heavy atom. The molecule has 3 nitrogen and oxygen atoms in total. The lowest BCUT2D eigenvalue weighted by Gasteiger charge is -2.01. The van der Waals surface area contributed by atoms with Crippen molar-refractivity contribution in [3.05, 3.63) is 69.6 Å². The summed E-state index contributed by atoms with van der Waals surface area (Å²) in [7, 11) is 0. The van der Waals surface area contributed by atoms with E-state index >= 15 is 0 Å². The maximum atomic E-state index is 12.1. The zero-order valence-electron chi connectivity index (χ0n) is 14.0. The zero-order chi connectivity index (χ0) is 17.6. The maximum Gasteiger partial charge on any atom is 0.264 e. The summed E-state index contributed by atoms with van der Waals surface area (Å²) in [6, 6.07) is 15.6. The molecule has 1 aliphatic rings. The van der Waals surface area contributed by atoms with Gasteiger partial charge >= 0.3 is 0 Å². The number of thioether (sulfide) groups is 1. The standard InChI is InChI=1S/C20H19ClN2OS/c1-2-3-6-14-9-11-16(12-10-14)22-20-23-19(24)18(25-20)13-15-7-4-5-8-17(15)21/h4-5,7-13H,2-3,6H2,1H3,(H,22,23,24)/b18-13-. The number of nitrogens with one attached hydrogen (secondary N) is 1. The van der Waals surface area contributed by atoms with E-state index in [2.05, 4.69) is 29.4 Å². The van der Waals surface area contributed by atoms with Crippen LogP contribution in [0.4, 0.5) is 5.69 Å². The highest BCUT2D eigenvalue weighted by Gasteiger charge is 2.24. The molecule has 1 fully saturated rings. The topological polar surface area (TPSA) is 41.5 Å². The average Bonchev–Trinajstić information content (AvgIpc) is 2.95. The second-order valence-corrected chi connectivity index (χ2v) is 7.21. The fourth-order valence-corrected chi connectivity index (χ4v) is 3.47. The molecule has 1 N–H and O–H groups in total. The van der Waals surface area contributed by atoms with E-state index in [1.165, 1.54) is 30.2 Å². The number of carbonyl (C=O) groups is 1. The lowest BCUT2D eigenvalue weighted by molar-refractivity contribution is -0.115. The molecule has 0 unspecified atom stereocenters. The molecule has 1 heterocycles. The number of unbranched alkanes of at least 4 members (excludes halogenated alkanes) is 1. The van der Waals surface area contributed by atoms with Crippen molar-refractivity contribution >= 4 is 46.2 Å². The maximum absolute atomic E-state index is 12.1. The fraction of sp³-hybridized carbons (Fsp3) is 0.200. The van der Waals surface area contributed by atoms with Gasteiger partial charge in [0.15, 0.2) is 5.17 Å². The third-order valence-corrected chi connectivity index (χ3v) is 5.08. The largest absolute Gasteiger partial charge is 0.300 e. The number of rotatable bonds is 5. The Bertz CT molecular complexity index is 828. The molecule has 2 aromatic carbocycles. The molecule has 25 heavy (non-hydrogen) atoms. The smallest absolute Gasteiger partial charge is 0.264 e. The predicted octanol–water partition coefficient (Wildman–Crippen LogP) is 5.57. The summed E-state index contributed by atoms with van der Waals surface area (Å²) in [5.74, 6) is -0.150. The van der Waals surface area contributed by atoms with Gasteiger partial charge in [0, 0.05) is 5.02 Å². The van der Waals surface area contributed by atoms with Crippen LogP contribution < -0.4 is 5.32 Å². The quantitative estimate of drug-likeness (QED) is 0.698. The van der Waals surface area contributed by atoms with Gasteiger partial charge < -0.3 is 5.32 Å². The van der Waals surface area contributed by atoms with E-state index < -0.39 is 0 Å². The van der Waals surface area contributed by atoms with E-state index in [-0.39, 0.29) is 5.91 Å². The zero-order valence-corrected chi connectivity index (χ0v) is 15.5. The first-order chi connectivity index (χ1) is 12.2. The molecule has 5 heteroatoms. The van der Waals surface area contributed by atoms with Gasteiger partial charge in [0.25, 0.3) is 5.91 Å². The molecule has 0 radical (unpaired) electrons. The summed E-state index contributed by atoms with van der Waals surface area (Å²) in [6.07, 6.45) is 5.26. The van der Waals surface area contributed by atoms with E-state index in [1.807, 2.05) is 30.3 Å². The highest BCUT2D eigenvalue weighted by Crippen LogP contribution is 2.29. The molecule has 3 rings (SSSR count). The normalized spacial score (nSPS) is 17.3. The van der Waals surface area contributed by atoms with Gasteiger partial charge in [0.2, 0.25) is 0 Å². The monoisotopic (exact) mass is 370 g/mol. The number of hydrogen-bond acceptors (Lipinski definition) is 3. The second kappa shape index (κ2) is 8.37. The molecule has 1 aliphatic heterocycles. The Labute approximate surface area is 157 Å². The van der Waals surface area contributed by atoms with Crippen LogP contribution in [0.5, 0.6) is 0 Å². The Morgan fingerprint density at radius 2 is 1.92 bits per heavy atom. The van der Waals surface area contributed by atoms with Crippen molar-refractivity contribution in [3.8, 4) is 0 Å². The first kappa shape index (κ1) is 17.8. The van der Waals surface area contributed by atoms with Crippen molar-refractivity contribution in [2.75, 3.05) is 0 Å². The fourth-order valence-electron chi connectivity index (χ4n) is 2.45. The summed E-state index contributed by atoms with van der Waals surface area (Å²) < 4.78 is 0. The molecular formula is C20H19ClN2OS. The minimum Gasteiger partial charge on any atom is -0.300 e. The van der Waals surface area contributed by atoms with E-state index in [9.17, 15) is 4.79 Å². The molecule has 128 valence electrons. The van der Waals surface area contributed by atoms with Crippen LogP contribution in [0.3, 0.4) is 0 Å². The van der Waals surface area contributed by atoms with Crippen molar-refractivity contribution in [1.29, 1.82) is 0 Å². The first-order valence-corrected chi connectivity index (χ1v) is 9.48. The Morgan fingerprint density at radius 3 is 2.64 bits per heavy atom. The Balaban J connectivity index is 1.73. The number of halogens is 1. The van der Waals surface area contributed by atoms with Gasteiger partial charge in [-0.1, -0.05) is 55.3 Å². The van der Waals surface area contributed by atoms with Crippen LogP contribution in [-0.2, 0) is 11.2 Å². The van der Waals surface area contributed by atoms with Crippen molar-refractivity contribution in [2.24, 2.45) is 4.99 Å². The van der Waals surface area contributed by atoms with Gasteiger partial charge in [0.1, 0.15) is 0 Å². The summed E-state index contributed by atoms with van der Waals surface area (Å²) in [5.41, 5.74) is 2.97. The van der Waals surface area contributed by atoms with Crippen molar-refractivity contribution in [2.45, 2.75) is 26.2 Å². The van der Waals surface area contributed by atoms with Crippen LogP contribution in [0.1, 0.15) is 30.9 Å². The highest BCUT2D eigenvalue weighted by atomic mass is 35.5. The second-order valence-electron chi connectivity index (χ2n) is 5.77. The molecule has 0 aliphatic carbocycles. The molecule has 0 saturated carbocycles. The van der Waals surface area contributed by atoms with Crippen LogP contribution in [-0.4, -0.2) is 11.1 Å². The molecule has 0 bridgehead atoms. The predicted molar refractivity (Wildman–Crippen MR) is 107 cm³/mol. The molecule has 0 aromatic heterocycles. The van der Waals surface area contributed by atoms with Crippen LogP contribution >= 0.6 is 23.4 Å². The third-order valence-electron chi connectivity index (χ3n) is 3.83. The van der Waals surface area contributed by atoms with Gasteiger partial charge in [-0.2, -0.15) is 0 Å². The number of carbonyl (C=O) groups excluding carboxylic acids is 1. The molecule has 1 saturated heterocycles. The van der Waals surface area contributed by atoms with Gasteiger partial charge in [-0.15, -0.1) is 0 Å². The first-order valence-electron chi connectivity index (χ1n) is 8.29. The average molecular weight is 371 g/mol. The SMILES string of the molecule is CCCCc1ccc(N=C2NC(=O)/C(=C/c3ccccc3Cl)S2)cc1. The lowest BCUT2D eigenvalue weighted by Crippen LogP contribution is -2.19. The van der Waals surface area contributed by atoms with Crippen LogP contribution in [0.25, 0.3) is 6.08 Å². The van der Waals surface area contributed by atoms with Gasteiger partial charge in [-0.25, -0.2) is 4.99 Å². The van der Waals surface area contributed by atoms with Gasteiger partial charge in [-0.05, 0) is 60.0 Å². The number of amidine groups is 1. The van der Waals surface area contributed by atoms with Gasteiger partial charge in [-0.3, -0.25) is 4.79 Å². The Hall–Kier alpha value is -2.04. The van der Waals surface area contributed by atoms with Crippen LogP contribution in [0.2, 0.25) is 5.02 Å². The van der Waals surface area contributed by atoms with E-state index in [0.717, 1.165) is 17.7 Å².